The maximum atomic E-state index is 11.1. The third-order valence-electron chi connectivity index (χ3n) is 2.59. The monoisotopic (exact) mass is 244 g/mol. The Morgan fingerprint density at radius 3 is 2.69 bits per heavy atom. The third-order valence-corrected chi connectivity index (χ3v) is 2.96. The van der Waals surface area contributed by atoms with E-state index in [9.17, 15) is 4.79 Å². The lowest BCUT2D eigenvalue weighted by Gasteiger charge is -2.24. The van der Waals surface area contributed by atoms with Crippen molar-refractivity contribution in [3.05, 3.63) is 16.9 Å². The van der Waals surface area contributed by atoms with Gasteiger partial charge in [0.05, 0.1) is 22.3 Å². The molecule has 1 rings (SSSR count). The van der Waals surface area contributed by atoms with Gasteiger partial charge < -0.3 is 11.5 Å². The van der Waals surface area contributed by atoms with Crippen LogP contribution in [-0.2, 0) is 4.79 Å². The normalized spacial score (nSPS) is 16.8. The maximum absolute atomic E-state index is 11.1. The highest BCUT2D eigenvalue weighted by atomic mass is 35.5. The molecule has 0 radical (unpaired) electrons. The summed E-state index contributed by atoms with van der Waals surface area (Å²) >= 11 is 5.90. The zero-order valence-corrected chi connectivity index (χ0v) is 10.5. The Balaban J connectivity index is 2.80. The molecular weight excluding hydrogens is 228 g/mol. The number of amides is 1. The van der Waals surface area contributed by atoms with E-state index >= 15 is 0 Å². The van der Waals surface area contributed by atoms with E-state index in [-0.39, 0.29) is 6.04 Å². The molecule has 1 amide bonds. The van der Waals surface area contributed by atoms with Crippen molar-refractivity contribution in [3.8, 4) is 0 Å². The molecule has 0 saturated heterocycles. The number of carbonyl (C=O) groups is 1. The van der Waals surface area contributed by atoms with Crippen molar-refractivity contribution in [1.82, 2.24) is 9.78 Å². The van der Waals surface area contributed by atoms with Crippen LogP contribution in [0.1, 0.15) is 32.0 Å². The zero-order chi connectivity index (χ0) is 12.5. The lowest BCUT2D eigenvalue weighted by atomic mass is 9.94. The highest BCUT2D eigenvalue weighted by molar-refractivity contribution is 6.31. The molecule has 4 N–H and O–H groups in total. The Bertz CT molecular complexity index is 380. The van der Waals surface area contributed by atoms with Gasteiger partial charge in [-0.05, 0) is 27.2 Å². The van der Waals surface area contributed by atoms with Crippen LogP contribution in [-0.4, -0.2) is 21.2 Å². The number of aromatic nitrogens is 2. The van der Waals surface area contributed by atoms with E-state index < -0.39 is 11.4 Å². The molecule has 16 heavy (non-hydrogen) atoms. The van der Waals surface area contributed by atoms with Gasteiger partial charge in [-0.15, -0.1) is 0 Å². The van der Waals surface area contributed by atoms with Crippen LogP contribution in [0.2, 0.25) is 5.02 Å². The summed E-state index contributed by atoms with van der Waals surface area (Å²) in [6.45, 7) is 5.35. The third kappa shape index (κ3) is 2.74. The average Bonchev–Trinajstić information content (AvgIpc) is 2.46. The summed E-state index contributed by atoms with van der Waals surface area (Å²) < 4.78 is 1.70. The highest BCUT2D eigenvalue weighted by Gasteiger charge is 2.28. The molecule has 0 spiro atoms. The second kappa shape index (κ2) is 4.43. The molecule has 0 aliphatic rings. The van der Waals surface area contributed by atoms with E-state index in [1.165, 1.54) is 0 Å². The molecular formula is C10H17ClN4O. The molecule has 0 aliphatic carbocycles. The zero-order valence-electron chi connectivity index (χ0n) is 9.70. The molecule has 6 heteroatoms. The van der Waals surface area contributed by atoms with Gasteiger partial charge in [-0.1, -0.05) is 11.6 Å². The van der Waals surface area contributed by atoms with Crippen molar-refractivity contribution in [2.45, 2.75) is 38.8 Å². The fourth-order valence-corrected chi connectivity index (χ4v) is 1.63. The number of nitrogens with two attached hydrogens (primary N) is 2. The molecule has 0 bridgehead atoms. The number of aryl methyl sites for hydroxylation is 1. The summed E-state index contributed by atoms with van der Waals surface area (Å²) in [5.41, 5.74) is 10.7. The first-order valence-corrected chi connectivity index (χ1v) is 5.42. The Labute approximate surface area is 99.7 Å². The van der Waals surface area contributed by atoms with E-state index in [0.29, 0.717) is 11.4 Å². The molecule has 90 valence electrons. The van der Waals surface area contributed by atoms with Gasteiger partial charge in [0.25, 0.3) is 0 Å². The van der Waals surface area contributed by atoms with E-state index in [2.05, 4.69) is 5.10 Å². The van der Waals surface area contributed by atoms with Gasteiger partial charge in [0.2, 0.25) is 5.91 Å². The van der Waals surface area contributed by atoms with Crippen molar-refractivity contribution >= 4 is 17.5 Å². The molecule has 0 aliphatic heterocycles. The molecule has 0 aromatic carbocycles. The summed E-state index contributed by atoms with van der Waals surface area (Å²) in [6.07, 6.45) is 2.14. The number of hydrogen-bond donors (Lipinski definition) is 2. The SMILES string of the molecule is Cc1nn(C(C)CC(C)(N)C(N)=O)cc1Cl. The van der Waals surface area contributed by atoms with Crippen LogP contribution >= 0.6 is 11.6 Å². The Morgan fingerprint density at radius 2 is 2.31 bits per heavy atom. The second-order valence-electron chi connectivity index (χ2n) is 4.38. The average molecular weight is 245 g/mol. The lowest BCUT2D eigenvalue weighted by molar-refractivity contribution is -0.123. The minimum atomic E-state index is -1.04. The second-order valence-corrected chi connectivity index (χ2v) is 4.78. The molecule has 2 atom stereocenters. The minimum Gasteiger partial charge on any atom is -0.368 e. The van der Waals surface area contributed by atoms with Gasteiger partial charge in [0.1, 0.15) is 0 Å². The van der Waals surface area contributed by atoms with Gasteiger partial charge in [-0.2, -0.15) is 5.10 Å². The lowest BCUT2D eigenvalue weighted by Crippen LogP contribution is -2.50. The fourth-order valence-electron chi connectivity index (χ4n) is 1.49. The number of primary amides is 1. The number of carbonyl (C=O) groups excluding carboxylic acids is 1. The van der Waals surface area contributed by atoms with E-state index in [1.54, 1.807) is 17.8 Å². The first kappa shape index (κ1) is 13.0. The van der Waals surface area contributed by atoms with E-state index in [4.69, 9.17) is 23.1 Å². The molecule has 2 unspecified atom stereocenters. The largest absolute Gasteiger partial charge is 0.368 e. The van der Waals surface area contributed by atoms with Gasteiger partial charge in [-0.25, -0.2) is 0 Å². The number of halogens is 1. The van der Waals surface area contributed by atoms with E-state index in [0.717, 1.165) is 5.69 Å². The molecule has 1 aromatic rings. The maximum Gasteiger partial charge on any atom is 0.237 e. The summed E-state index contributed by atoms with van der Waals surface area (Å²) in [5, 5.41) is 4.83. The molecule has 1 aromatic heterocycles. The molecule has 5 nitrogen and oxygen atoms in total. The highest BCUT2D eigenvalue weighted by Crippen LogP contribution is 2.21. The Hall–Kier alpha value is -1.07. The Morgan fingerprint density at radius 1 is 1.75 bits per heavy atom. The van der Waals surface area contributed by atoms with Crippen LogP contribution in [0.4, 0.5) is 0 Å². The van der Waals surface area contributed by atoms with Gasteiger partial charge in [0.15, 0.2) is 0 Å². The fraction of sp³-hybridized carbons (Fsp3) is 0.600. The van der Waals surface area contributed by atoms with Crippen molar-refractivity contribution < 1.29 is 4.79 Å². The van der Waals surface area contributed by atoms with Crippen molar-refractivity contribution in [2.75, 3.05) is 0 Å². The van der Waals surface area contributed by atoms with Crippen LogP contribution in [0, 0.1) is 6.92 Å². The van der Waals surface area contributed by atoms with Crippen LogP contribution in [0.15, 0.2) is 6.20 Å². The van der Waals surface area contributed by atoms with Crippen molar-refractivity contribution in [1.29, 1.82) is 0 Å². The van der Waals surface area contributed by atoms with Crippen molar-refractivity contribution in [3.63, 3.8) is 0 Å². The van der Waals surface area contributed by atoms with Crippen LogP contribution < -0.4 is 11.5 Å². The quantitative estimate of drug-likeness (QED) is 0.828. The van der Waals surface area contributed by atoms with Crippen LogP contribution in [0.3, 0.4) is 0 Å². The Kier molecular flexibility index (Phi) is 3.60. The number of nitrogens with zero attached hydrogens (tertiary/aromatic N) is 2. The van der Waals surface area contributed by atoms with Crippen LogP contribution in [0.25, 0.3) is 0 Å². The predicted octanol–water partition coefficient (Wildman–Crippen LogP) is 0.999. The summed E-state index contributed by atoms with van der Waals surface area (Å²) in [6, 6.07) is -0.0336. The van der Waals surface area contributed by atoms with Crippen LogP contribution in [0.5, 0.6) is 0 Å². The molecule has 1 heterocycles. The topological polar surface area (TPSA) is 86.9 Å². The standard InChI is InChI=1S/C10H17ClN4O/c1-6(4-10(3,13)9(12)16)15-5-8(11)7(2)14-15/h5-6H,4,13H2,1-3H3,(H2,12,16). The first-order valence-electron chi connectivity index (χ1n) is 5.04. The first-order chi connectivity index (χ1) is 7.24. The van der Waals surface area contributed by atoms with Crippen molar-refractivity contribution in [2.24, 2.45) is 11.5 Å². The summed E-state index contributed by atoms with van der Waals surface area (Å²) in [7, 11) is 0. The predicted molar refractivity (Wildman–Crippen MR) is 63.1 cm³/mol. The van der Waals surface area contributed by atoms with E-state index in [1.807, 2.05) is 13.8 Å². The minimum absolute atomic E-state index is 0.0336. The smallest absolute Gasteiger partial charge is 0.237 e. The summed E-state index contributed by atoms with van der Waals surface area (Å²) in [5.74, 6) is -0.519. The summed E-state index contributed by atoms with van der Waals surface area (Å²) in [4.78, 5) is 11.1. The van der Waals surface area contributed by atoms with Gasteiger partial charge in [0, 0.05) is 6.20 Å². The molecule has 0 fully saturated rings. The van der Waals surface area contributed by atoms with Gasteiger partial charge in [-0.3, -0.25) is 9.48 Å². The number of hydrogen-bond acceptors (Lipinski definition) is 3. The van der Waals surface area contributed by atoms with Gasteiger partial charge >= 0.3 is 0 Å². The molecule has 0 saturated carbocycles. The number of rotatable bonds is 4.